The van der Waals surface area contributed by atoms with Gasteiger partial charge in [-0.1, -0.05) is 6.92 Å². The molecular formula is C12H14N4O2. The van der Waals surface area contributed by atoms with Crippen LogP contribution in [0.3, 0.4) is 0 Å². The Morgan fingerprint density at radius 2 is 2.33 bits per heavy atom. The zero-order valence-electron chi connectivity index (χ0n) is 10.3. The second kappa shape index (κ2) is 4.61. The fraction of sp³-hybridized carbons (Fsp3) is 0.500. The van der Waals surface area contributed by atoms with Gasteiger partial charge in [-0.05, 0) is 25.3 Å². The summed E-state index contributed by atoms with van der Waals surface area (Å²) in [5.74, 6) is -0.482. The lowest BCUT2D eigenvalue weighted by atomic mass is 10.0. The Morgan fingerprint density at radius 3 is 2.94 bits per heavy atom. The highest BCUT2D eigenvalue weighted by atomic mass is 16.4. The second-order valence-corrected chi connectivity index (χ2v) is 4.55. The minimum absolute atomic E-state index is 0.0529. The van der Waals surface area contributed by atoms with Gasteiger partial charge in [0.15, 0.2) is 0 Å². The van der Waals surface area contributed by atoms with E-state index < -0.39 is 12.0 Å². The van der Waals surface area contributed by atoms with Gasteiger partial charge in [-0.25, -0.2) is 14.8 Å². The molecule has 94 valence electrons. The lowest BCUT2D eigenvalue weighted by molar-refractivity contribution is -0.139. The maximum absolute atomic E-state index is 11.3. The van der Waals surface area contributed by atoms with Crippen LogP contribution in [0.15, 0.2) is 6.07 Å². The third-order valence-electron chi connectivity index (χ3n) is 3.17. The van der Waals surface area contributed by atoms with Crippen molar-refractivity contribution in [2.24, 2.45) is 5.92 Å². The summed E-state index contributed by atoms with van der Waals surface area (Å²) in [6.45, 7) is 4.27. The Hall–Kier alpha value is -2.16. The second-order valence-electron chi connectivity index (χ2n) is 4.55. The van der Waals surface area contributed by atoms with Crippen molar-refractivity contribution < 1.29 is 9.90 Å². The predicted molar refractivity (Wildman–Crippen MR) is 64.0 cm³/mol. The molecule has 2 rings (SSSR count). The van der Waals surface area contributed by atoms with E-state index in [2.05, 4.69) is 9.97 Å². The standard InChI is InChI=1S/C12H14N4O2/c1-7-3-4-16(10(7)11(17)18)12-14-8(2)5-9(6-13)15-12/h5,7,10H,3-4H2,1-2H3,(H,17,18). The van der Waals surface area contributed by atoms with Crippen LogP contribution in [0.4, 0.5) is 5.95 Å². The number of aryl methyl sites for hydroxylation is 1. The van der Waals surface area contributed by atoms with Gasteiger partial charge >= 0.3 is 5.97 Å². The van der Waals surface area contributed by atoms with E-state index in [1.54, 1.807) is 17.9 Å². The molecule has 0 aromatic carbocycles. The van der Waals surface area contributed by atoms with Crippen molar-refractivity contribution in [3.63, 3.8) is 0 Å². The predicted octanol–water partition coefficient (Wildman–Crippen LogP) is 0.956. The van der Waals surface area contributed by atoms with Crippen LogP contribution >= 0.6 is 0 Å². The van der Waals surface area contributed by atoms with E-state index in [0.29, 0.717) is 18.2 Å². The van der Waals surface area contributed by atoms with Crippen LogP contribution in [-0.4, -0.2) is 33.6 Å². The molecule has 0 bridgehead atoms. The van der Waals surface area contributed by atoms with Gasteiger partial charge in [0.05, 0.1) is 0 Å². The minimum Gasteiger partial charge on any atom is -0.480 e. The third-order valence-corrected chi connectivity index (χ3v) is 3.17. The number of hydrogen-bond acceptors (Lipinski definition) is 5. The fourth-order valence-corrected chi connectivity index (χ4v) is 2.29. The first kappa shape index (κ1) is 12.3. The van der Waals surface area contributed by atoms with E-state index in [0.717, 1.165) is 6.42 Å². The molecule has 2 unspecified atom stereocenters. The maximum atomic E-state index is 11.3. The van der Waals surface area contributed by atoms with E-state index in [1.165, 1.54) is 0 Å². The topological polar surface area (TPSA) is 90.1 Å². The highest BCUT2D eigenvalue weighted by Crippen LogP contribution is 2.27. The van der Waals surface area contributed by atoms with Crippen molar-refractivity contribution in [2.45, 2.75) is 26.3 Å². The first-order valence-corrected chi connectivity index (χ1v) is 5.78. The molecule has 0 radical (unpaired) electrons. The summed E-state index contributed by atoms with van der Waals surface area (Å²) < 4.78 is 0. The Bertz CT molecular complexity index is 523. The lowest BCUT2D eigenvalue weighted by Crippen LogP contribution is -2.40. The lowest BCUT2D eigenvalue weighted by Gasteiger charge is -2.23. The van der Waals surface area contributed by atoms with Gasteiger partial charge in [-0.15, -0.1) is 0 Å². The third kappa shape index (κ3) is 2.12. The van der Waals surface area contributed by atoms with Gasteiger partial charge in [-0.3, -0.25) is 0 Å². The minimum atomic E-state index is -0.872. The smallest absolute Gasteiger partial charge is 0.326 e. The Kier molecular flexibility index (Phi) is 3.15. The van der Waals surface area contributed by atoms with Crippen molar-refractivity contribution in [3.05, 3.63) is 17.5 Å². The molecule has 0 spiro atoms. The number of hydrogen-bond donors (Lipinski definition) is 1. The SMILES string of the molecule is Cc1cc(C#N)nc(N2CCC(C)C2C(=O)O)n1. The molecule has 18 heavy (non-hydrogen) atoms. The molecule has 6 nitrogen and oxygen atoms in total. The summed E-state index contributed by atoms with van der Waals surface area (Å²) in [5, 5.41) is 18.1. The van der Waals surface area contributed by atoms with Gasteiger partial charge in [0.1, 0.15) is 17.8 Å². The Balaban J connectivity index is 2.40. The normalized spacial score (nSPS) is 22.8. The zero-order chi connectivity index (χ0) is 13.3. The molecule has 6 heteroatoms. The quantitative estimate of drug-likeness (QED) is 0.835. The molecule has 0 saturated carbocycles. The number of carboxylic acids is 1. The van der Waals surface area contributed by atoms with Gasteiger partial charge in [0.25, 0.3) is 0 Å². The van der Waals surface area contributed by atoms with Crippen LogP contribution in [0.25, 0.3) is 0 Å². The summed E-state index contributed by atoms with van der Waals surface area (Å²) in [7, 11) is 0. The molecule has 2 atom stereocenters. The van der Waals surface area contributed by atoms with Crippen LogP contribution in [0, 0.1) is 24.2 Å². The fourth-order valence-electron chi connectivity index (χ4n) is 2.29. The summed E-state index contributed by atoms with van der Waals surface area (Å²) in [5.41, 5.74) is 0.932. The average molecular weight is 246 g/mol. The Labute approximate surface area is 105 Å². The van der Waals surface area contributed by atoms with Crippen LogP contribution in [-0.2, 0) is 4.79 Å². The van der Waals surface area contributed by atoms with E-state index in [-0.39, 0.29) is 11.6 Å². The summed E-state index contributed by atoms with van der Waals surface area (Å²) in [6, 6.07) is 2.93. The zero-order valence-corrected chi connectivity index (χ0v) is 10.3. The van der Waals surface area contributed by atoms with Crippen LogP contribution in [0.5, 0.6) is 0 Å². The number of nitriles is 1. The molecule has 1 aliphatic rings. The molecule has 1 aliphatic heterocycles. The first-order valence-electron chi connectivity index (χ1n) is 5.78. The van der Waals surface area contributed by atoms with E-state index in [1.807, 2.05) is 13.0 Å². The molecule has 1 aromatic heterocycles. The van der Waals surface area contributed by atoms with Gasteiger partial charge in [0.2, 0.25) is 5.95 Å². The van der Waals surface area contributed by atoms with Crippen molar-refractivity contribution >= 4 is 11.9 Å². The van der Waals surface area contributed by atoms with E-state index >= 15 is 0 Å². The molecule has 1 N–H and O–H groups in total. The Morgan fingerprint density at radius 1 is 1.61 bits per heavy atom. The highest BCUT2D eigenvalue weighted by Gasteiger charge is 2.38. The monoisotopic (exact) mass is 246 g/mol. The molecule has 2 heterocycles. The number of aromatic nitrogens is 2. The number of anilines is 1. The van der Waals surface area contributed by atoms with Crippen LogP contribution < -0.4 is 4.90 Å². The highest BCUT2D eigenvalue weighted by molar-refractivity contribution is 5.78. The molecule has 1 saturated heterocycles. The number of carbonyl (C=O) groups is 1. The largest absolute Gasteiger partial charge is 0.480 e. The molecule has 1 fully saturated rings. The summed E-state index contributed by atoms with van der Waals surface area (Å²) in [4.78, 5) is 21.3. The molecular weight excluding hydrogens is 232 g/mol. The van der Waals surface area contributed by atoms with Crippen molar-refractivity contribution in [1.29, 1.82) is 5.26 Å². The van der Waals surface area contributed by atoms with Crippen molar-refractivity contribution in [3.8, 4) is 6.07 Å². The van der Waals surface area contributed by atoms with Crippen LogP contribution in [0.2, 0.25) is 0 Å². The van der Waals surface area contributed by atoms with E-state index in [9.17, 15) is 9.90 Å². The van der Waals surface area contributed by atoms with Crippen molar-refractivity contribution in [1.82, 2.24) is 9.97 Å². The molecule has 1 aromatic rings. The average Bonchev–Trinajstić information content (AvgIpc) is 2.70. The van der Waals surface area contributed by atoms with Crippen molar-refractivity contribution in [2.75, 3.05) is 11.4 Å². The van der Waals surface area contributed by atoms with Crippen LogP contribution in [0.1, 0.15) is 24.7 Å². The number of carboxylic acid groups (broad SMARTS) is 1. The van der Waals surface area contributed by atoms with Gasteiger partial charge in [0, 0.05) is 12.2 Å². The summed E-state index contributed by atoms with van der Waals surface area (Å²) in [6.07, 6.45) is 0.788. The van der Waals surface area contributed by atoms with E-state index in [4.69, 9.17) is 5.26 Å². The number of rotatable bonds is 2. The molecule has 0 aliphatic carbocycles. The maximum Gasteiger partial charge on any atom is 0.326 e. The van der Waals surface area contributed by atoms with Gasteiger partial charge in [-0.2, -0.15) is 5.26 Å². The first-order chi connectivity index (χ1) is 8.52. The van der Waals surface area contributed by atoms with Gasteiger partial charge < -0.3 is 10.0 Å². The summed E-state index contributed by atoms with van der Waals surface area (Å²) >= 11 is 0. The number of aliphatic carboxylic acids is 1. The molecule has 0 amide bonds. The number of nitrogens with zero attached hydrogens (tertiary/aromatic N) is 4.